The molecule has 1 fully saturated rings. The predicted molar refractivity (Wildman–Crippen MR) is 97.3 cm³/mol. The molecule has 0 saturated carbocycles. The maximum atomic E-state index is 12.1. The fourth-order valence-corrected chi connectivity index (χ4v) is 3.12. The molecule has 0 bridgehead atoms. The maximum Gasteiger partial charge on any atom is 0.259 e. The number of rotatable bonds is 3. The predicted octanol–water partition coefficient (Wildman–Crippen LogP) is 2.02. The molecule has 3 aromatic rings. The molecule has 0 radical (unpaired) electrons. The van der Waals surface area contributed by atoms with Gasteiger partial charge in [0.1, 0.15) is 5.82 Å². The van der Waals surface area contributed by atoms with E-state index in [-0.39, 0.29) is 11.7 Å². The highest BCUT2D eigenvalue weighted by atomic mass is 16.3. The summed E-state index contributed by atoms with van der Waals surface area (Å²) in [6.07, 6.45) is 6.44. The van der Waals surface area contributed by atoms with Crippen LogP contribution in [0.4, 0.5) is 17.2 Å². The number of aromatic amines is 1. The van der Waals surface area contributed by atoms with E-state index in [0.29, 0.717) is 22.4 Å². The van der Waals surface area contributed by atoms with Gasteiger partial charge < -0.3 is 20.3 Å². The molecule has 0 aromatic carbocycles. The quantitative estimate of drug-likeness (QED) is 0.677. The zero-order chi connectivity index (χ0) is 17.2. The highest BCUT2D eigenvalue weighted by molar-refractivity contribution is 5.91. The average molecular weight is 337 g/mol. The van der Waals surface area contributed by atoms with Gasteiger partial charge in [-0.2, -0.15) is 0 Å². The van der Waals surface area contributed by atoms with Gasteiger partial charge in [-0.25, -0.2) is 4.98 Å². The van der Waals surface area contributed by atoms with E-state index < -0.39 is 0 Å². The van der Waals surface area contributed by atoms with E-state index in [2.05, 4.69) is 25.2 Å². The summed E-state index contributed by atoms with van der Waals surface area (Å²) in [6, 6.07) is 7.42. The normalized spacial score (nSPS) is 15.5. The molecule has 4 rings (SSSR count). The molecular weight excluding hydrogens is 318 g/mol. The Kier molecular flexibility index (Phi) is 4.07. The van der Waals surface area contributed by atoms with Crippen molar-refractivity contribution < 1.29 is 5.11 Å². The Morgan fingerprint density at radius 1 is 1.16 bits per heavy atom. The van der Waals surface area contributed by atoms with Crippen LogP contribution in [0.3, 0.4) is 0 Å². The van der Waals surface area contributed by atoms with Crippen molar-refractivity contribution in [3.05, 3.63) is 53.2 Å². The monoisotopic (exact) mass is 337 g/mol. The molecule has 0 atom stereocenters. The van der Waals surface area contributed by atoms with E-state index in [9.17, 15) is 9.90 Å². The van der Waals surface area contributed by atoms with Crippen molar-refractivity contribution >= 4 is 28.1 Å². The minimum Gasteiger partial charge on any atom is -0.393 e. The maximum absolute atomic E-state index is 12.1. The Labute approximate surface area is 144 Å². The van der Waals surface area contributed by atoms with Gasteiger partial charge in [0, 0.05) is 25.5 Å². The van der Waals surface area contributed by atoms with E-state index >= 15 is 0 Å². The van der Waals surface area contributed by atoms with E-state index in [1.165, 1.54) is 0 Å². The van der Waals surface area contributed by atoms with Gasteiger partial charge >= 0.3 is 0 Å². The average Bonchev–Trinajstić information content (AvgIpc) is 2.63. The first-order valence-corrected chi connectivity index (χ1v) is 8.33. The lowest BCUT2D eigenvalue weighted by atomic mass is 10.1. The van der Waals surface area contributed by atoms with Crippen LogP contribution in [0, 0.1) is 0 Å². The minimum absolute atomic E-state index is 0.184. The van der Waals surface area contributed by atoms with Gasteiger partial charge in [0.2, 0.25) is 0 Å². The Morgan fingerprint density at radius 2 is 2.00 bits per heavy atom. The summed E-state index contributed by atoms with van der Waals surface area (Å²) >= 11 is 0. The Bertz CT molecular complexity index is 925. The first kappa shape index (κ1) is 15.6. The van der Waals surface area contributed by atoms with Crippen LogP contribution >= 0.6 is 0 Å². The Balaban J connectivity index is 1.57. The molecule has 0 spiro atoms. The van der Waals surface area contributed by atoms with Crippen LogP contribution in [0.1, 0.15) is 12.8 Å². The summed E-state index contributed by atoms with van der Waals surface area (Å²) in [5.41, 5.74) is 2.16. The molecule has 0 unspecified atom stereocenters. The highest BCUT2D eigenvalue weighted by Gasteiger charge is 2.17. The summed E-state index contributed by atoms with van der Waals surface area (Å²) in [4.78, 5) is 25.7. The van der Waals surface area contributed by atoms with E-state index in [1.807, 2.05) is 18.3 Å². The van der Waals surface area contributed by atoms with Crippen LogP contribution in [0.2, 0.25) is 0 Å². The molecule has 0 amide bonds. The van der Waals surface area contributed by atoms with Gasteiger partial charge in [0.15, 0.2) is 0 Å². The van der Waals surface area contributed by atoms with Crippen molar-refractivity contribution in [2.45, 2.75) is 18.9 Å². The molecule has 1 aliphatic rings. The van der Waals surface area contributed by atoms with Crippen molar-refractivity contribution in [1.29, 1.82) is 0 Å². The number of piperidine rings is 1. The lowest BCUT2D eigenvalue weighted by molar-refractivity contribution is 0.145. The van der Waals surface area contributed by atoms with Gasteiger partial charge in [-0.3, -0.25) is 9.78 Å². The van der Waals surface area contributed by atoms with Crippen molar-refractivity contribution in [1.82, 2.24) is 15.0 Å². The number of nitrogens with one attached hydrogen (secondary N) is 2. The summed E-state index contributed by atoms with van der Waals surface area (Å²) in [7, 11) is 0. The number of hydrogen-bond donors (Lipinski definition) is 3. The smallest absolute Gasteiger partial charge is 0.259 e. The van der Waals surface area contributed by atoms with E-state index in [0.717, 1.165) is 31.6 Å². The molecule has 7 heteroatoms. The molecule has 25 heavy (non-hydrogen) atoms. The number of hydrogen-bond acceptors (Lipinski definition) is 6. The van der Waals surface area contributed by atoms with Gasteiger partial charge in [0.05, 0.1) is 34.6 Å². The van der Waals surface area contributed by atoms with Gasteiger partial charge in [-0.1, -0.05) is 0 Å². The number of nitrogens with zero attached hydrogens (tertiary/aromatic N) is 3. The van der Waals surface area contributed by atoms with Crippen LogP contribution in [-0.2, 0) is 0 Å². The lowest BCUT2D eigenvalue weighted by Crippen LogP contribution is -2.35. The lowest BCUT2D eigenvalue weighted by Gasteiger charge is -2.31. The van der Waals surface area contributed by atoms with Crippen LogP contribution in [0.5, 0.6) is 0 Å². The second-order valence-electron chi connectivity index (χ2n) is 6.17. The van der Waals surface area contributed by atoms with Crippen LogP contribution in [-0.4, -0.2) is 39.3 Å². The molecule has 3 N–H and O–H groups in total. The molecule has 128 valence electrons. The number of aliphatic hydroxyl groups excluding tert-OH is 1. The second kappa shape index (κ2) is 6.52. The summed E-state index contributed by atoms with van der Waals surface area (Å²) in [5, 5.41) is 13.3. The van der Waals surface area contributed by atoms with Crippen molar-refractivity contribution in [3.63, 3.8) is 0 Å². The fraction of sp³-hybridized carbons (Fsp3) is 0.278. The topological polar surface area (TPSA) is 94.1 Å². The second-order valence-corrected chi connectivity index (χ2v) is 6.17. The SMILES string of the molecule is O=c1[nH]ccc2nccc(Nc3ccc(N4CCC(O)CC4)cn3)c12. The zero-order valence-electron chi connectivity index (χ0n) is 13.6. The molecule has 3 aromatic heterocycles. The molecule has 4 heterocycles. The van der Waals surface area contributed by atoms with E-state index in [1.54, 1.807) is 24.5 Å². The van der Waals surface area contributed by atoms with E-state index in [4.69, 9.17) is 0 Å². The number of aromatic nitrogens is 3. The Hall–Kier alpha value is -2.93. The third kappa shape index (κ3) is 3.18. The Morgan fingerprint density at radius 3 is 2.76 bits per heavy atom. The largest absolute Gasteiger partial charge is 0.393 e. The highest BCUT2D eigenvalue weighted by Crippen LogP contribution is 2.24. The number of aliphatic hydroxyl groups is 1. The summed E-state index contributed by atoms with van der Waals surface area (Å²) < 4.78 is 0. The van der Waals surface area contributed by atoms with Gasteiger partial charge in [-0.15, -0.1) is 0 Å². The minimum atomic E-state index is -0.191. The van der Waals surface area contributed by atoms with Crippen LogP contribution in [0.15, 0.2) is 47.7 Å². The number of pyridine rings is 3. The van der Waals surface area contributed by atoms with Crippen LogP contribution < -0.4 is 15.8 Å². The molecule has 0 aliphatic carbocycles. The molecule has 1 saturated heterocycles. The molecule has 7 nitrogen and oxygen atoms in total. The first-order chi connectivity index (χ1) is 12.2. The number of anilines is 3. The fourth-order valence-electron chi connectivity index (χ4n) is 3.12. The third-order valence-corrected chi connectivity index (χ3v) is 4.50. The number of H-pyrrole nitrogens is 1. The van der Waals surface area contributed by atoms with Gasteiger partial charge in [-0.05, 0) is 37.1 Å². The summed E-state index contributed by atoms with van der Waals surface area (Å²) in [6.45, 7) is 1.67. The molecule has 1 aliphatic heterocycles. The van der Waals surface area contributed by atoms with Crippen molar-refractivity contribution in [3.8, 4) is 0 Å². The first-order valence-electron chi connectivity index (χ1n) is 8.33. The van der Waals surface area contributed by atoms with Gasteiger partial charge in [0.25, 0.3) is 5.56 Å². The third-order valence-electron chi connectivity index (χ3n) is 4.50. The van der Waals surface area contributed by atoms with Crippen LogP contribution in [0.25, 0.3) is 10.9 Å². The van der Waals surface area contributed by atoms with Crippen molar-refractivity contribution in [2.24, 2.45) is 0 Å². The standard InChI is InChI=1S/C18H19N5O2/c24-13-5-9-23(10-6-13)12-1-2-16(21-11-12)22-15-4-7-19-14-3-8-20-18(25)17(14)15/h1-4,7-8,11,13,24H,5-6,9-10H2,(H,20,25)(H,19,21,22). The zero-order valence-corrected chi connectivity index (χ0v) is 13.6. The molecular formula is C18H19N5O2. The number of fused-ring (bicyclic) bond motifs is 1. The summed E-state index contributed by atoms with van der Waals surface area (Å²) in [5.74, 6) is 0.663. The van der Waals surface area contributed by atoms with Crippen molar-refractivity contribution in [2.75, 3.05) is 23.3 Å².